The molecule has 1 atom stereocenters. The molecule has 14 heavy (non-hydrogen) atoms. The largest absolute Gasteiger partial charge is 0.378 e. The molecule has 1 aliphatic heterocycles. The van der Waals surface area contributed by atoms with E-state index in [1.54, 1.807) is 0 Å². The highest BCUT2D eigenvalue weighted by Crippen LogP contribution is 2.11. The van der Waals surface area contributed by atoms with Crippen molar-refractivity contribution < 1.29 is 4.74 Å². The van der Waals surface area contributed by atoms with E-state index in [4.69, 9.17) is 4.74 Å². The molecule has 1 aliphatic rings. The Morgan fingerprint density at radius 3 is 2.79 bits per heavy atom. The summed E-state index contributed by atoms with van der Waals surface area (Å²) in [5.41, 5.74) is 1.07. The van der Waals surface area contributed by atoms with Crippen molar-refractivity contribution in [3.05, 3.63) is 30.1 Å². The third-order valence-electron chi connectivity index (χ3n) is 1.97. The van der Waals surface area contributed by atoms with Crippen molar-refractivity contribution in [3.63, 3.8) is 0 Å². The van der Waals surface area contributed by atoms with Crippen LogP contribution in [0.4, 0.5) is 0 Å². The van der Waals surface area contributed by atoms with E-state index in [9.17, 15) is 0 Å². The van der Waals surface area contributed by atoms with Crippen LogP contribution in [0.25, 0.3) is 0 Å². The molecule has 0 aliphatic carbocycles. The van der Waals surface area contributed by atoms with Gasteiger partial charge in [-0.2, -0.15) is 0 Å². The van der Waals surface area contributed by atoms with Gasteiger partial charge in [0.25, 0.3) is 0 Å². The lowest BCUT2D eigenvalue weighted by Crippen LogP contribution is -2.34. The highest BCUT2D eigenvalue weighted by atomic mass is 35.5. The van der Waals surface area contributed by atoms with Crippen molar-refractivity contribution in [2.45, 2.75) is 6.04 Å². The molecule has 1 aromatic heterocycles. The molecule has 0 radical (unpaired) electrons. The summed E-state index contributed by atoms with van der Waals surface area (Å²) in [5, 5.41) is 3.35. The summed E-state index contributed by atoms with van der Waals surface area (Å²) in [6.45, 7) is 2.46. The average molecular weight is 237 g/mol. The van der Waals surface area contributed by atoms with Gasteiger partial charge in [0.05, 0.1) is 24.9 Å². The number of nitrogens with zero attached hydrogens (tertiary/aromatic N) is 1. The molecule has 3 nitrogen and oxygen atoms in total. The monoisotopic (exact) mass is 236 g/mol. The quantitative estimate of drug-likeness (QED) is 0.805. The fraction of sp³-hybridized carbons (Fsp3) is 0.444. The van der Waals surface area contributed by atoms with Crippen LogP contribution in [-0.2, 0) is 4.74 Å². The standard InChI is InChI=1S/C9H12N2O.2ClH/c1-2-4-10-8(3-1)9-7-12-6-5-11-9;;/h1-4,9,11H,5-7H2;2*1H/t9-;;/m1../s1. The van der Waals surface area contributed by atoms with Gasteiger partial charge in [-0.15, -0.1) is 24.8 Å². The van der Waals surface area contributed by atoms with E-state index in [1.807, 2.05) is 24.4 Å². The predicted molar refractivity (Wildman–Crippen MR) is 60.3 cm³/mol. The molecule has 2 heterocycles. The van der Waals surface area contributed by atoms with Gasteiger partial charge in [-0.05, 0) is 12.1 Å². The van der Waals surface area contributed by atoms with Crippen LogP contribution in [0, 0.1) is 0 Å². The van der Waals surface area contributed by atoms with Crippen molar-refractivity contribution >= 4 is 24.8 Å². The maximum atomic E-state index is 5.33. The molecule has 0 bridgehead atoms. The number of hydrogen-bond acceptors (Lipinski definition) is 3. The SMILES string of the molecule is Cl.Cl.c1ccc([C@H]2COCCN2)nc1. The summed E-state index contributed by atoms with van der Waals surface area (Å²) in [6, 6.07) is 6.22. The Balaban J connectivity index is 0.000000845. The maximum absolute atomic E-state index is 5.33. The molecule has 1 aromatic rings. The van der Waals surface area contributed by atoms with Crippen LogP contribution in [0.5, 0.6) is 0 Å². The van der Waals surface area contributed by atoms with E-state index in [2.05, 4.69) is 10.3 Å². The lowest BCUT2D eigenvalue weighted by atomic mass is 10.2. The second-order valence-corrected chi connectivity index (χ2v) is 2.84. The molecular weight excluding hydrogens is 223 g/mol. The average Bonchev–Trinajstić information content (AvgIpc) is 2.21. The Labute approximate surface area is 96.1 Å². The van der Waals surface area contributed by atoms with E-state index < -0.39 is 0 Å². The lowest BCUT2D eigenvalue weighted by molar-refractivity contribution is 0.0756. The summed E-state index contributed by atoms with van der Waals surface area (Å²) in [6.07, 6.45) is 1.81. The molecule has 0 spiro atoms. The molecule has 0 amide bonds. The van der Waals surface area contributed by atoms with Gasteiger partial charge < -0.3 is 10.1 Å². The van der Waals surface area contributed by atoms with E-state index in [0.29, 0.717) is 0 Å². The Morgan fingerprint density at radius 2 is 2.21 bits per heavy atom. The number of ether oxygens (including phenoxy) is 1. The van der Waals surface area contributed by atoms with E-state index >= 15 is 0 Å². The van der Waals surface area contributed by atoms with Crippen LogP contribution >= 0.6 is 24.8 Å². The summed E-state index contributed by atoms with van der Waals surface area (Å²) < 4.78 is 5.33. The molecule has 5 heteroatoms. The summed E-state index contributed by atoms with van der Waals surface area (Å²) in [7, 11) is 0. The molecule has 1 saturated heterocycles. The number of halogens is 2. The first kappa shape index (κ1) is 13.7. The number of hydrogen-bond donors (Lipinski definition) is 1. The summed E-state index contributed by atoms with van der Waals surface area (Å²) in [5.74, 6) is 0. The minimum absolute atomic E-state index is 0. The normalized spacial score (nSPS) is 20.4. The Morgan fingerprint density at radius 1 is 1.36 bits per heavy atom. The zero-order valence-corrected chi connectivity index (χ0v) is 9.31. The number of nitrogens with one attached hydrogen (secondary N) is 1. The second-order valence-electron chi connectivity index (χ2n) is 2.84. The summed E-state index contributed by atoms with van der Waals surface area (Å²) >= 11 is 0. The van der Waals surface area contributed by atoms with Crippen LogP contribution in [-0.4, -0.2) is 24.7 Å². The Bertz CT molecular complexity index is 240. The van der Waals surface area contributed by atoms with Crippen molar-refractivity contribution in [1.29, 1.82) is 0 Å². The van der Waals surface area contributed by atoms with Gasteiger partial charge in [-0.25, -0.2) is 0 Å². The van der Waals surface area contributed by atoms with Gasteiger partial charge in [0.1, 0.15) is 0 Å². The second kappa shape index (κ2) is 7.01. The van der Waals surface area contributed by atoms with Crippen LogP contribution in [0.15, 0.2) is 24.4 Å². The fourth-order valence-electron chi connectivity index (χ4n) is 1.34. The minimum Gasteiger partial charge on any atom is -0.378 e. The molecule has 1 N–H and O–H groups in total. The van der Waals surface area contributed by atoms with Gasteiger partial charge in [-0.1, -0.05) is 6.07 Å². The molecule has 0 saturated carbocycles. The number of aromatic nitrogens is 1. The van der Waals surface area contributed by atoms with Gasteiger partial charge in [0.2, 0.25) is 0 Å². The van der Waals surface area contributed by atoms with E-state index in [-0.39, 0.29) is 30.9 Å². The Kier molecular flexibility index (Phi) is 6.83. The zero-order valence-electron chi connectivity index (χ0n) is 7.68. The van der Waals surface area contributed by atoms with E-state index in [0.717, 1.165) is 25.5 Å². The van der Waals surface area contributed by atoms with Crippen LogP contribution in [0.2, 0.25) is 0 Å². The topological polar surface area (TPSA) is 34.1 Å². The minimum atomic E-state index is 0. The number of morpholine rings is 1. The van der Waals surface area contributed by atoms with Gasteiger partial charge in [0.15, 0.2) is 0 Å². The Hall–Kier alpha value is -0.350. The first-order valence-electron chi connectivity index (χ1n) is 4.19. The first-order valence-corrected chi connectivity index (χ1v) is 4.19. The maximum Gasteiger partial charge on any atom is 0.0733 e. The smallest absolute Gasteiger partial charge is 0.0733 e. The first-order chi connectivity index (χ1) is 5.97. The van der Waals surface area contributed by atoms with Crippen LogP contribution in [0.1, 0.15) is 11.7 Å². The van der Waals surface area contributed by atoms with Crippen LogP contribution in [0.3, 0.4) is 0 Å². The molecule has 80 valence electrons. The van der Waals surface area contributed by atoms with Crippen molar-refractivity contribution in [2.24, 2.45) is 0 Å². The fourth-order valence-corrected chi connectivity index (χ4v) is 1.34. The highest BCUT2D eigenvalue weighted by Gasteiger charge is 2.15. The van der Waals surface area contributed by atoms with Crippen molar-refractivity contribution in [3.8, 4) is 0 Å². The van der Waals surface area contributed by atoms with E-state index in [1.165, 1.54) is 0 Å². The van der Waals surface area contributed by atoms with Crippen LogP contribution < -0.4 is 5.32 Å². The predicted octanol–water partition coefficient (Wildman–Crippen LogP) is 1.59. The third-order valence-corrected chi connectivity index (χ3v) is 1.97. The van der Waals surface area contributed by atoms with Gasteiger partial charge in [-0.3, -0.25) is 4.98 Å². The molecular formula is C9H14Cl2N2O. The molecule has 0 unspecified atom stereocenters. The third kappa shape index (κ3) is 3.42. The number of rotatable bonds is 1. The lowest BCUT2D eigenvalue weighted by Gasteiger charge is -2.22. The number of pyridine rings is 1. The molecule has 0 aromatic carbocycles. The van der Waals surface area contributed by atoms with Crippen molar-refractivity contribution in [2.75, 3.05) is 19.8 Å². The zero-order chi connectivity index (χ0) is 8.23. The van der Waals surface area contributed by atoms with Gasteiger partial charge >= 0.3 is 0 Å². The molecule has 1 fully saturated rings. The highest BCUT2D eigenvalue weighted by molar-refractivity contribution is 5.85. The van der Waals surface area contributed by atoms with Crippen molar-refractivity contribution in [1.82, 2.24) is 10.3 Å². The molecule has 2 rings (SSSR count). The summed E-state index contributed by atoms with van der Waals surface area (Å²) in [4.78, 5) is 4.26. The van der Waals surface area contributed by atoms with Gasteiger partial charge in [0, 0.05) is 12.7 Å².